The number of thioether (sulfide) groups is 2. The summed E-state index contributed by atoms with van der Waals surface area (Å²) in [6.07, 6.45) is 1.45. The average molecular weight is 853 g/mol. The molecule has 4 aromatic rings. The fraction of sp³-hybridized carbons (Fsp3) is 0.383. The number of fused-ring (bicyclic) bond motifs is 1. The number of carbonyl (C=O) groups excluding carboxylic acids is 4. The molecule has 0 saturated carbocycles. The van der Waals surface area contributed by atoms with Crippen LogP contribution in [0.3, 0.4) is 0 Å². The number of hydrogen-bond acceptors (Lipinski definition) is 8. The Labute approximate surface area is 361 Å². The van der Waals surface area contributed by atoms with E-state index < -0.39 is 70.2 Å². The van der Waals surface area contributed by atoms with Crippen LogP contribution in [-0.2, 0) is 41.6 Å². The van der Waals surface area contributed by atoms with E-state index in [1.54, 1.807) is 34.6 Å². The lowest BCUT2D eigenvalue weighted by Gasteiger charge is -2.39. The second-order valence-corrected chi connectivity index (χ2v) is 18.4. The van der Waals surface area contributed by atoms with Crippen molar-refractivity contribution in [3.8, 4) is 0 Å². The summed E-state index contributed by atoms with van der Waals surface area (Å²) < 4.78 is 4.82. The van der Waals surface area contributed by atoms with Crippen LogP contribution < -0.4 is 16.0 Å². The Morgan fingerprint density at radius 1 is 0.750 bits per heavy atom. The minimum absolute atomic E-state index is 0.0670. The predicted octanol–water partition coefficient (Wildman–Crippen LogP) is 7.02. The molecule has 5 rings (SSSR count). The fourth-order valence-corrected chi connectivity index (χ4v) is 9.34. The molecular weight excluding hydrogens is 797 g/mol. The third-order valence-corrected chi connectivity index (χ3v) is 12.6. The number of carbonyl (C=O) groups is 5. The summed E-state index contributed by atoms with van der Waals surface area (Å²) in [4.78, 5) is 70.5. The number of aliphatic carboxylic acids is 1. The van der Waals surface area contributed by atoms with E-state index in [-0.39, 0.29) is 25.1 Å². The number of benzene rings is 4. The second kappa shape index (κ2) is 20.8. The van der Waals surface area contributed by atoms with Crippen molar-refractivity contribution in [3.05, 3.63) is 143 Å². The van der Waals surface area contributed by atoms with Crippen LogP contribution in [0.15, 0.2) is 115 Å². The molecule has 0 saturated heterocycles. The van der Waals surface area contributed by atoms with Gasteiger partial charge in [0.15, 0.2) is 0 Å². The summed E-state index contributed by atoms with van der Waals surface area (Å²) in [6.45, 7) is 8.89. The quantitative estimate of drug-likeness (QED) is 0.0821. The van der Waals surface area contributed by atoms with E-state index in [1.165, 1.54) is 28.4 Å². The van der Waals surface area contributed by atoms with Gasteiger partial charge < -0.3 is 30.7 Å². The summed E-state index contributed by atoms with van der Waals surface area (Å²) in [5.41, 5.74) is 3.76. The largest absolute Gasteiger partial charge is 0.480 e. The van der Waals surface area contributed by atoms with Crippen LogP contribution in [0.25, 0.3) is 0 Å². The summed E-state index contributed by atoms with van der Waals surface area (Å²) in [5.74, 6) is -2.70. The Bertz CT molecular complexity index is 1980. The van der Waals surface area contributed by atoms with Gasteiger partial charge in [0, 0.05) is 18.7 Å². The highest BCUT2D eigenvalue weighted by molar-refractivity contribution is 8.00. The number of nitrogens with one attached hydrogen (secondary N) is 3. The fourth-order valence-electron chi connectivity index (χ4n) is 7.31. The maximum absolute atomic E-state index is 14.8. The lowest BCUT2D eigenvalue weighted by molar-refractivity contribution is -0.147. The van der Waals surface area contributed by atoms with Gasteiger partial charge in [-0.1, -0.05) is 129 Å². The first-order valence-electron chi connectivity index (χ1n) is 20.1. The van der Waals surface area contributed by atoms with Gasteiger partial charge in [-0.05, 0) is 72.9 Å². The number of ether oxygens (including phenoxy) is 1. The van der Waals surface area contributed by atoms with Crippen molar-refractivity contribution in [2.24, 2.45) is 5.92 Å². The van der Waals surface area contributed by atoms with Gasteiger partial charge in [0.2, 0.25) is 17.7 Å². The van der Waals surface area contributed by atoms with Crippen LogP contribution in [0.4, 0.5) is 4.79 Å². The molecule has 1 aliphatic heterocycles. The van der Waals surface area contributed by atoms with E-state index in [4.69, 9.17) is 4.74 Å². The zero-order valence-corrected chi connectivity index (χ0v) is 36.7. The molecule has 4 aromatic carbocycles. The van der Waals surface area contributed by atoms with Crippen molar-refractivity contribution >= 4 is 53.3 Å². The van der Waals surface area contributed by atoms with Crippen molar-refractivity contribution in [3.63, 3.8) is 0 Å². The normalized spacial score (nSPS) is 15.5. The second-order valence-electron chi connectivity index (χ2n) is 16.2. The summed E-state index contributed by atoms with van der Waals surface area (Å²) in [5, 5.41) is 18.4. The van der Waals surface area contributed by atoms with E-state index in [0.29, 0.717) is 5.75 Å². The van der Waals surface area contributed by atoms with Crippen LogP contribution in [0.2, 0.25) is 0 Å². The molecule has 4 atom stereocenters. The first-order valence-corrected chi connectivity index (χ1v) is 22.5. The molecule has 11 nitrogen and oxygen atoms in total. The molecule has 1 unspecified atom stereocenters. The van der Waals surface area contributed by atoms with Crippen LogP contribution in [0.1, 0.15) is 68.9 Å². The third kappa shape index (κ3) is 11.5. The van der Waals surface area contributed by atoms with Gasteiger partial charge in [-0.3, -0.25) is 14.4 Å². The van der Waals surface area contributed by atoms with Crippen molar-refractivity contribution in [1.82, 2.24) is 20.9 Å². The Morgan fingerprint density at radius 2 is 1.27 bits per heavy atom. The highest BCUT2D eigenvalue weighted by atomic mass is 32.2. The first-order chi connectivity index (χ1) is 28.6. The molecule has 0 fully saturated rings. The van der Waals surface area contributed by atoms with Gasteiger partial charge in [-0.2, -0.15) is 11.8 Å². The molecular formula is C47H56N4O7S2. The number of rotatable bonds is 17. The highest BCUT2D eigenvalue weighted by Crippen LogP contribution is 2.48. The van der Waals surface area contributed by atoms with Gasteiger partial charge in [0.05, 0.1) is 4.75 Å². The summed E-state index contributed by atoms with van der Waals surface area (Å²) in [7, 11) is 0. The van der Waals surface area contributed by atoms with Crippen molar-refractivity contribution in [2.45, 2.75) is 88.5 Å². The van der Waals surface area contributed by atoms with E-state index in [9.17, 15) is 29.1 Å². The zero-order chi connectivity index (χ0) is 43.5. The van der Waals surface area contributed by atoms with E-state index in [1.807, 2.05) is 122 Å². The number of hydrogen-bond donors (Lipinski definition) is 4. The van der Waals surface area contributed by atoms with Crippen molar-refractivity contribution < 1.29 is 33.8 Å². The van der Waals surface area contributed by atoms with Gasteiger partial charge >= 0.3 is 12.1 Å². The molecule has 318 valence electrons. The van der Waals surface area contributed by atoms with Crippen molar-refractivity contribution in [1.29, 1.82) is 0 Å². The van der Waals surface area contributed by atoms with Crippen LogP contribution in [0, 0.1) is 5.92 Å². The molecule has 1 aliphatic rings. The standard InChI is InChI=1S/C47H56N4O7S2/c1-31(2)40(43(54)51-29-33-19-17-16-18-32(33)28-39(51)42(53)48-37(44(55)56)26-27-59-6)50-41(52)38(49-45(57)58-46(3,4)5)30-60-47(34-20-10-7-11-21-34,35-22-12-8-13-23-35)36-24-14-9-15-25-36/h7-25,31,37-40H,26-30H2,1-6H3,(H,48,53)(H,49,57)(H,50,52)(H,55,56)/t37-,38+,39?,40+/m1/s1. The number of carboxylic acid groups (broad SMARTS) is 1. The highest BCUT2D eigenvalue weighted by Gasteiger charge is 2.42. The average Bonchev–Trinajstić information content (AvgIpc) is 3.23. The smallest absolute Gasteiger partial charge is 0.408 e. The predicted molar refractivity (Wildman–Crippen MR) is 239 cm³/mol. The van der Waals surface area contributed by atoms with Crippen LogP contribution in [0.5, 0.6) is 0 Å². The Balaban J connectivity index is 1.50. The Kier molecular flexibility index (Phi) is 15.9. The number of nitrogens with zero attached hydrogens (tertiary/aromatic N) is 1. The first kappa shape index (κ1) is 45.8. The molecule has 1 heterocycles. The summed E-state index contributed by atoms with van der Waals surface area (Å²) >= 11 is 2.95. The zero-order valence-electron chi connectivity index (χ0n) is 35.1. The molecule has 4 amide bonds. The minimum atomic E-state index is -1.18. The number of carboxylic acids is 1. The van der Waals surface area contributed by atoms with Crippen LogP contribution in [-0.4, -0.2) is 87.3 Å². The molecule has 0 aromatic heterocycles. The summed E-state index contributed by atoms with van der Waals surface area (Å²) in [6, 6.07) is 33.0. The molecule has 0 bridgehead atoms. The molecule has 0 radical (unpaired) electrons. The molecule has 0 aliphatic carbocycles. The van der Waals surface area contributed by atoms with E-state index in [0.717, 1.165) is 27.8 Å². The maximum atomic E-state index is 14.8. The monoisotopic (exact) mass is 852 g/mol. The lowest BCUT2D eigenvalue weighted by atomic mass is 9.84. The van der Waals surface area contributed by atoms with Crippen LogP contribution >= 0.6 is 23.5 Å². The van der Waals surface area contributed by atoms with Gasteiger partial charge in [0.1, 0.15) is 29.8 Å². The molecule has 60 heavy (non-hydrogen) atoms. The molecule has 4 N–H and O–H groups in total. The maximum Gasteiger partial charge on any atom is 0.408 e. The Morgan fingerprint density at radius 3 is 1.75 bits per heavy atom. The Hall–Kier alpha value is -5.27. The van der Waals surface area contributed by atoms with Crippen molar-refractivity contribution in [2.75, 3.05) is 17.8 Å². The minimum Gasteiger partial charge on any atom is -0.480 e. The van der Waals surface area contributed by atoms with Gasteiger partial charge in [0.25, 0.3) is 0 Å². The van der Waals surface area contributed by atoms with E-state index >= 15 is 0 Å². The molecule has 13 heteroatoms. The van der Waals surface area contributed by atoms with Gasteiger partial charge in [-0.25, -0.2) is 9.59 Å². The van der Waals surface area contributed by atoms with Gasteiger partial charge in [-0.15, -0.1) is 11.8 Å². The number of amides is 4. The third-order valence-electron chi connectivity index (χ3n) is 10.3. The lowest BCUT2D eigenvalue weighted by Crippen LogP contribution is -2.61. The molecule has 0 spiro atoms. The topological polar surface area (TPSA) is 154 Å². The number of alkyl carbamates (subject to hydrolysis) is 1. The van der Waals surface area contributed by atoms with E-state index in [2.05, 4.69) is 16.0 Å². The SMILES string of the molecule is CSCC[C@@H](NC(=O)C1Cc2ccccc2CN1C(=O)[C@@H](NC(=O)[C@H](CSC(c1ccccc1)(c1ccccc1)c1ccccc1)NC(=O)OC(C)(C)C)C(C)C)C(=O)O.